The van der Waals surface area contributed by atoms with Gasteiger partial charge in [-0.3, -0.25) is 4.79 Å². The van der Waals surface area contributed by atoms with Crippen molar-refractivity contribution in [3.05, 3.63) is 34.9 Å². The molecule has 0 saturated carbocycles. The van der Waals surface area contributed by atoms with E-state index in [1.54, 1.807) is 0 Å². The average Bonchev–Trinajstić information content (AvgIpc) is 2.35. The Hall–Kier alpha value is -1.84. The fourth-order valence-electron chi connectivity index (χ4n) is 2.44. The van der Waals surface area contributed by atoms with Crippen molar-refractivity contribution in [1.82, 2.24) is 0 Å². The highest BCUT2D eigenvalue weighted by Gasteiger charge is 2.29. The molecule has 0 radical (unpaired) electrons. The number of carbonyl (C=O) groups is 1. The summed E-state index contributed by atoms with van der Waals surface area (Å²) in [5.74, 6) is -1.34. The number of carboxylic acid groups (broad SMARTS) is 1. The van der Waals surface area contributed by atoms with Crippen molar-refractivity contribution in [2.24, 2.45) is 11.1 Å². The van der Waals surface area contributed by atoms with Gasteiger partial charge in [-0.2, -0.15) is 0 Å². The largest absolute Gasteiger partial charge is 0.481 e. The number of carboxylic acids is 1. The lowest BCUT2D eigenvalue weighted by atomic mass is 9.78. The van der Waals surface area contributed by atoms with Crippen molar-refractivity contribution in [3.8, 4) is 0 Å². The smallest absolute Gasteiger partial charge is 0.307 e. The first-order chi connectivity index (χ1) is 8.82. The molecule has 1 aliphatic rings. The Morgan fingerprint density at radius 2 is 2.00 bits per heavy atom. The maximum absolute atomic E-state index is 11.1. The van der Waals surface area contributed by atoms with Crippen molar-refractivity contribution >= 4 is 11.7 Å². The van der Waals surface area contributed by atoms with E-state index >= 15 is 0 Å². The Kier molecular flexibility index (Phi) is 3.35. The average molecular weight is 261 g/mol. The summed E-state index contributed by atoms with van der Waals surface area (Å²) in [4.78, 5) is 11.1. The Balaban J connectivity index is 2.48. The van der Waals surface area contributed by atoms with Crippen LogP contribution in [0, 0.1) is 5.92 Å². The molecule has 0 aliphatic heterocycles. The van der Waals surface area contributed by atoms with Gasteiger partial charge in [0.2, 0.25) is 0 Å². The third kappa shape index (κ3) is 2.62. The van der Waals surface area contributed by atoms with Crippen LogP contribution in [0.5, 0.6) is 0 Å². The lowest BCUT2D eigenvalue weighted by molar-refractivity contribution is -0.141. The zero-order chi connectivity index (χ0) is 14.2. The van der Waals surface area contributed by atoms with Crippen LogP contribution in [0.1, 0.15) is 43.9 Å². The highest BCUT2D eigenvalue weighted by molar-refractivity contribution is 6.04. The predicted octanol–water partition coefficient (Wildman–Crippen LogP) is 2.81. The quantitative estimate of drug-likeness (QED) is 0.603. The summed E-state index contributed by atoms with van der Waals surface area (Å²) in [6.45, 7) is 6.36. The van der Waals surface area contributed by atoms with Gasteiger partial charge in [0, 0.05) is 12.0 Å². The Labute approximate surface area is 112 Å². The molecule has 0 heterocycles. The van der Waals surface area contributed by atoms with Gasteiger partial charge in [0.1, 0.15) is 0 Å². The van der Waals surface area contributed by atoms with Gasteiger partial charge in [-0.05, 0) is 29.0 Å². The number of oxime groups is 1. The van der Waals surface area contributed by atoms with Gasteiger partial charge in [0.15, 0.2) is 0 Å². The van der Waals surface area contributed by atoms with Crippen LogP contribution in [0.4, 0.5) is 0 Å². The van der Waals surface area contributed by atoms with E-state index in [0.717, 1.165) is 16.7 Å². The molecule has 4 heteroatoms. The summed E-state index contributed by atoms with van der Waals surface area (Å²) in [5, 5.41) is 21.5. The topological polar surface area (TPSA) is 69.9 Å². The maximum Gasteiger partial charge on any atom is 0.307 e. The molecule has 102 valence electrons. The van der Waals surface area contributed by atoms with Gasteiger partial charge < -0.3 is 10.3 Å². The lowest BCUT2D eigenvalue weighted by Gasteiger charge is -2.26. The summed E-state index contributed by atoms with van der Waals surface area (Å²) in [6, 6.07) is 6.00. The van der Waals surface area contributed by atoms with Gasteiger partial charge in [-0.15, -0.1) is 0 Å². The van der Waals surface area contributed by atoms with Crippen molar-refractivity contribution in [1.29, 1.82) is 0 Å². The maximum atomic E-state index is 11.1. The molecule has 1 aliphatic carbocycles. The van der Waals surface area contributed by atoms with Crippen LogP contribution in [0.3, 0.4) is 0 Å². The molecule has 2 N–H and O–H groups in total. The van der Waals surface area contributed by atoms with Gasteiger partial charge in [-0.1, -0.05) is 38.1 Å². The lowest BCUT2D eigenvalue weighted by Crippen LogP contribution is -2.27. The molecule has 1 aromatic rings. The van der Waals surface area contributed by atoms with Crippen LogP contribution >= 0.6 is 0 Å². The molecule has 0 aromatic heterocycles. The van der Waals surface area contributed by atoms with E-state index in [9.17, 15) is 4.79 Å². The molecular formula is C15H19NO3. The minimum atomic E-state index is -0.841. The predicted molar refractivity (Wildman–Crippen MR) is 72.9 cm³/mol. The third-order valence-corrected chi connectivity index (χ3v) is 3.66. The molecule has 2 rings (SSSR count). The fraction of sp³-hybridized carbons (Fsp3) is 0.467. The van der Waals surface area contributed by atoms with Gasteiger partial charge >= 0.3 is 5.97 Å². The van der Waals surface area contributed by atoms with Crippen LogP contribution in [-0.4, -0.2) is 22.0 Å². The standard InChI is InChI=1S/C15H19NO3/c1-15(2,3)11-5-4-9-6-10(14(17)18)7-13(16-19)12(9)8-11/h4-5,8,10,19H,6-7H2,1-3H3,(H,17,18)/b16-13-. The van der Waals surface area contributed by atoms with Crippen LogP contribution < -0.4 is 0 Å². The SMILES string of the molecule is CC(C)(C)c1ccc2c(c1)/C(=N\O)CC(C(=O)O)C2. The number of benzene rings is 1. The Bertz CT molecular complexity index is 541. The second-order valence-corrected chi connectivity index (χ2v) is 6.11. The van der Waals surface area contributed by atoms with Crippen molar-refractivity contribution in [2.75, 3.05) is 0 Å². The molecule has 0 fully saturated rings. The second kappa shape index (κ2) is 4.68. The number of rotatable bonds is 1. The van der Waals surface area contributed by atoms with E-state index in [1.807, 2.05) is 18.2 Å². The van der Waals surface area contributed by atoms with Crippen molar-refractivity contribution < 1.29 is 15.1 Å². The monoisotopic (exact) mass is 261 g/mol. The first-order valence-electron chi connectivity index (χ1n) is 6.40. The van der Waals surface area contributed by atoms with Crippen molar-refractivity contribution in [3.63, 3.8) is 0 Å². The van der Waals surface area contributed by atoms with E-state index in [1.165, 1.54) is 0 Å². The van der Waals surface area contributed by atoms with E-state index in [4.69, 9.17) is 10.3 Å². The number of fused-ring (bicyclic) bond motifs is 1. The Morgan fingerprint density at radius 3 is 2.53 bits per heavy atom. The third-order valence-electron chi connectivity index (χ3n) is 3.66. The summed E-state index contributed by atoms with van der Waals surface area (Å²) < 4.78 is 0. The van der Waals surface area contributed by atoms with E-state index in [-0.39, 0.29) is 11.8 Å². The van der Waals surface area contributed by atoms with E-state index in [2.05, 4.69) is 25.9 Å². The first kappa shape index (κ1) is 13.6. The molecule has 1 atom stereocenters. The summed E-state index contributed by atoms with van der Waals surface area (Å²) in [6.07, 6.45) is 0.778. The molecule has 1 aromatic carbocycles. The number of nitrogens with zero attached hydrogens (tertiary/aromatic N) is 1. The number of hydrogen-bond donors (Lipinski definition) is 2. The number of hydrogen-bond acceptors (Lipinski definition) is 3. The highest BCUT2D eigenvalue weighted by atomic mass is 16.4. The summed E-state index contributed by atoms with van der Waals surface area (Å²) in [5.41, 5.74) is 3.46. The van der Waals surface area contributed by atoms with Crippen LogP contribution in [0.15, 0.2) is 23.4 Å². The number of aliphatic carboxylic acids is 1. The molecule has 0 saturated heterocycles. The molecule has 19 heavy (non-hydrogen) atoms. The highest BCUT2D eigenvalue weighted by Crippen LogP contribution is 2.31. The van der Waals surface area contributed by atoms with E-state index in [0.29, 0.717) is 12.1 Å². The summed E-state index contributed by atoms with van der Waals surface area (Å²) >= 11 is 0. The zero-order valence-electron chi connectivity index (χ0n) is 11.5. The molecule has 4 nitrogen and oxygen atoms in total. The first-order valence-corrected chi connectivity index (χ1v) is 6.40. The molecule has 1 unspecified atom stereocenters. The Morgan fingerprint density at radius 1 is 1.32 bits per heavy atom. The van der Waals surface area contributed by atoms with Crippen LogP contribution in [0.25, 0.3) is 0 Å². The van der Waals surface area contributed by atoms with Gasteiger partial charge in [-0.25, -0.2) is 0 Å². The molecule has 0 bridgehead atoms. The van der Waals surface area contributed by atoms with Crippen LogP contribution in [0.2, 0.25) is 0 Å². The zero-order valence-corrected chi connectivity index (χ0v) is 11.5. The van der Waals surface area contributed by atoms with Crippen molar-refractivity contribution in [2.45, 2.75) is 39.0 Å². The van der Waals surface area contributed by atoms with Gasteiger partial charge in [0.05, 0.1) is 11.6 Å². The minimum absolute atomic E-state index is 0.0131. The van der Waals surface area contributed by atoms with Crippen LogP contribution in [-0.2, 0) is 16.6 Å². The summed E-state index contributed by atoms with van der Waals surface area (Å²) in [7, 11) is 0. The van der Waals surface area contributed by atoms with E-state index < -0.39 is 11.9 Å². The minimum Gasteiger partial charge on any atom is -0.481 e. The normalized spacial score (nSPS) is 21.2. The fourth-order valence-corrected chi connectivity index (χ4v) is 2.44. The molecular weight excluding hydrogens is 242 g/mol. The molecule has 0 amide bonds. The molecule has 0 spiro atoms. The van der Waals surface area contributed by atoms with Gasteiger partial charge in [0.25, 0.3) is 0 Å². The second-order valence-electron chi connectivity index (χ2n) is 6.11.